The quantitative estimate of drug-likeness (QED) is 0.922. The van der Waals surface area contributed by atoms with Crippen LogP contribution in [0.4, 0.5) is 18.9 Å². The fraction of sp³-hybridized carbons (Fsp3) is 0.333. The molecule has 0 aliphatic heterocycles. The average Bonchev–Trinajstić information content (AvgIpc) is 3.35. The molecule has 3 rings (SSSR count). The first kappa shape index (κ1) is 17.3. The summed E-state index contributed by atoms with van der Waals surface area (Å²) >= 11 is 0. The summed E-state index contributed by atoms with van der Waals surface area (Å²) in [6.07, 6.45) is -2.19. The summed E-state index contributed by atoms with van der Waals surface area (Å²) in [5.41, 5.74) is 0.614. The van der Waals surface area contributed by atoms with E-state index >= 15 is 0 Å². The van der Waals surface area contributed by atoms with Gasteiger partial charge in [0.25, 0.3) is 5.56 Å². The van der Waals surface area contributed by atoms with Gasteiger partial charge in [0.1, 0.15) is 5.69 Å². The molecular formula is C18H17F3N2O2. The van der Waals surface area contributed by atoms with Gasteiger partial charge in [-0.2, -0.15) is 13.2 Å². The summed E-state index contributed by atoms with van der Waals surface area (Å²) in [5.74, 6) is -0.729. The number of rotatable bonds is 3. The number of amides is 1. The number of carbonyl (C=O) groups is 1. The van der Waals surface area contributed by atoms with Gasteiger partial charge < -0.3 is 9.88 Å². The number of nitrogens with one attached hydrogen (secondary N) is 1. The summed E-state index contributed by atoms with van der Waals surface area (Å²) in [5, 5.41) is 2.66. The fourth-order valence-corrected chi connectivity index (χ4v) is 2.86. The molecule has 1 saturated carbocycles. The van der Waals surface area contributed by atoms with Crippen LogP contribution in [0.1, 0.15) is 29.0 Å². The number of anilines is 1. The van der Waals surface area contributed by atoms with Gasteiger partial charge in [-0.3, -0.25) is 9.59 Å². The second-order valence-electron chi connectivity index (χ2n) is 6.35. The van der Waals surface area contributed by atoms with Gasteiger partial charge in [0.15, 0.2) is 0 Å². The number of hydrogen-bond donors (Lipinski definition) is 1. The van der Waals surface area contributed by atoms with Crippen molar-refractivity contribution in [1.82, 2.24) is 4.57 Å². The molecule has 1 aromatic heterocycles. The third-order valence-corrected chi connectivity index (χ3v) is 4.52. The molecule has 0 unspecified atom stereocenters. The SMILES string of the molecule is Cc1ccn(C)c(=O)c1NC(=O)[C@@H]1C[C@H]1c1ccc(C(F)(F)F)cc1. The van der Waals surface area contributed by atoms with E-state index in [0.29, 0.717) is 17.5 Å². The van der Waals surface area contributed by atoms with Crippen molar-refractivity contribution < 1.29 is 18.0 Å². The summed E-state index contributed by atoms with van der Waals surface area (Å²) in [7, 11) is 1.60. The predicted octanol–water partition coefficient (Wildman–Crippen LogP) is 3.45. The lowest BCUT2D eigenvalue weighted by Gasteiger charge is -2.10. The van der Waals surface area contributed by atoms with Crippen LogP contribution in [-0.2, 0) is 18.0 Å². The third-order valence-electron chi connectivity index (χ3n) is 4.52. The highest BCUT2D eigenvalue weighted by Crippen LogP contribution is 2.48. The van der Waals surface area contributed by atoms with Crippen molar-refractivity contribution in [3.05, 3.63) is 63.6 Å². The Bertz CT molecular complexity index is 869. The molecule has 25 heavy (non-hydrogen) atoms. The minimum Gasteiger partial charge on any atom is -0.321 e. The van der Waals surface area contributed by atoms with Gasteiger partial charge >= 0.3 is 6.18 Å². The Hall–Kier alpha value is -2.57. The third kappa shape index (κ3) is 3.45. The van der Waals surface area contributed by atoms with Crippen LogP contribution in [-0.4, -0.2) is 10.5 Å². The van der Waals surface area contributed by atoms with Crippen LogP contribution in [0.15, 0.2) is 41.3 Å². The molecule has 2 atom stereocenters. The molecule has 7 heteroatoms. The molecule has 1 amide bonds. The first-order valence-electron chi connectivity index (χ1n) is 7.82. The number of aromatic nitrogens is 1. The van der Waals surface area contributed by atoms with Crippen molar-refractivity contribution >= 4 is 11.6 Å². The molecule has 1 fully saturated rings. The number of nitrogens with zero attached hydrogens (tertiary/aromatic N) is 1. The fourth-order valence-electron chi connectivity index (χ4n) is 2.86. The number of carbonyl (C=O) groups excluding carboxylic acids is 1. The summed E-state index contributed by atoms with van der Waals surface area (Å²) in [6.45, 7) is 1.73. The van der Waals surface area contributed by atoms with Crippen molar-refractivity contribution in [3.63, 3.8) is 0 Å². The first-order valence-corrected chi connectivity index (χ1v) is 7.82. The highest BCUT2D eigenvalue weighted by Gasteiger charge is 2.44. The molecule has 0 spiro atoms. The van der Waals surface area contributed by atoms with Crippen LogP contribution < -0.4 is 10.9 Å². The molecule has 0 radical (unpaired) electrons. The maximum absolute atomic E-state index is 12.6. The lowest BCUT2D eigenvalue weighted by molar-refractivity contribution is -0.137. The molecule has 0 saturated heterocycles. The van der Waals surface area contributed by atoms with Crippen LogP contribution in [0.2, 0.25) is 0 Å². The average molecular weight is 350 g/mol. The van der Waals surface area contributed by atoms with Crippen LogP contribution in [0.25, 0.3) is 0 Å². The molecule has 0 bridgehead atoms. The molecule has 1 aliphatic rings. The van der Waals surface area contributed by atoms with Gasteiger partial charge in [-0.05, 0) is 48.6 Å². The zero-order valence-electron chi connectivity index (χ0n) is 13.7. The molecule has 1 N–H and O–H groups in total. The number of hydrogen-bond acceptors (Lipinski definition) is 2. The second kappa shape index (κ2) is 6.06. The Kier molecular flexibility index (Phi) is 4.18. The van der Waals surface area contributed by atoms with Crippen LogP contribution in [0.3, 0.4) is 0 Å². The molecule has 1 aliphatic carbocycles. The topological polar surface area (TPSA) is 51.1 Å². The standard InChI is InChI=1S/C18H17F3N2O2/c1-10-7-8-23(2)17(25)15(10)22-16(24)14-9-13(14)11-3-5-12(6-4-11)18(19,20)21/h3-8,13-14H,9H2,1-2H3,(H,22,24)/t13-,14+/m0/s1. The molecule has 2 aromatic rings. The summed E-state index contributed by atoms with van der Waals surface area (Å²) in [6, 6.07) is 6.61. The molecule has 1 heterocycles. The van der Waals surface area contributed by atoms with E-state index in [1.54, 1.807) is 26.2 Å². The van der Waals surface area contributed by atoms with Crippen molar-refractivity contribution in [1.29, 1.82) is 0 Å². The van der Waals surface area contributed by atoms with Crippen molar-refractivity contribution in [2.75, 3.05) is 5.32 Å². The molecular weight excluding hydrogens is 333 g/mol. The van der Waals surface area contributed by atoms with Crippen molar-refractivity contribution in [2.24, 2.45) is 13.0 Å². The van der Waals surface area contributed by atoms with Gasteiger partial charge in [0.05, 0.1) is 5.56 Å². The van der Waals surface area contributed by atoms with Crippen LogP contribution >= 0.6 is 0 Å². The van der Waals surface area contributed by atoms with E-state index in [1.165, 1.54) is 16.7 Å². The van der Waals surface area contributed by atoms with E-state index in [0.717, 1.165) is 12.1 Å². The Balaban J connectivity index is 1.71. The maximum atomic E-state index is 12.6. The Labute approximate surface area is 142 Å². The lowest BCUT2D eigenvalue weighted by atomic mass is 10.1. The summed E-state index contributed by atoms with van der Waals surface area (Å²) < 4.78 is 39.2. The van der Waals surface area contributed by atoms with E-state index in [-0.39, 0.29) is 29.0 Å². The predicted molar refractivity (Wildman–Crippen MR) is 87.3 cm³/mol. The number of aryl methyl sites for hydroxylation is 2. The van der Waals surface area contributed by atoms with Crippen molar-refractivity contribution in [2.45, 2.75) is 25.4 Å². The maximum Gasteiger partial charge on any atom is 0.416 e. The lowest BCUT2D eigenvalue weighted by Crippen LogP contribution is -2.26. The number of benzene rings is 1. The van der Waals surface area contributed by atoms with E-state index in [4.69, 9.17) is 0 Å². The van der Waals surface area contributed by atoms with Gasteiger partial charge in [-0.1, -0.05) is 12.1 Å². The Morgan fingerprint density at radius 3 is 2.44 bits per heavy atom. The van der Waals surface area contributed by atoms with Gasteiger partial charge in [-0.25, -0.2) is 0 Å². The minimum absolute atomic E-state index is 0.116. The minimum atomic E-state index is -4.37. The zero-order chi connectivity index (χ0) is 18.4. The van der Waals surface area contributed by atoms with Crippen LogP contribution in [0, 0.1) is 12.8 Å². The second-order valence-corrected chi connectivity index (χ2v) is 6.35. The van der Waals surface area contributed by atoms with E-state index in [1.807, 2.05) is 0 Å². The van der Waals surface area contributed by atoms with E-state index in [9.17, 15) is 22.8 Å². The number of pyridine rings is 1. The van der Waals surface area contributed by atoms with Gasteiger partial charge in [0.2, 0.25) is 5.91 Å². The molecule has 4 nitrogen and oxygen atoms in total. The van der Waals surface area contributed by atoms with E-state index in [2.05, 4.69) is 5.32 Å². The molecule has 132 valence electrons. The van der Waals surface area contributed by atoms with E-state index < -0.39 is 11.7 Å². The number of alkyl halides is 3. The van der Waals surface area contributed by atoms with Gasteiger partial charge in [-0.15, -0.1) is 0 Å². The van der Waals surface area contributed by atoms with Gasteiger partial charge in [0, 0.05) is 19.2 Å². The monoisotopic (exact) mass is 350 g/mol. The number of halogens is 3. The highest BCUT2D eigenvalue weighted by molar-refractivity contribution is 5.95. The first-order chi connectivity index (χ1) is 11.7. The van der Waals surface area contributed by atoms with Crippen molar-refractivity contribution in [3.8, 4) is 0 Å². The normalized spacial score (nSPS) is 19.6. The molecule has 1 aromatic carbocycles. The zero-order valence-corrected chi connectivity index (χ0v) is 13.7. The highest BCUT2D eigenvalue weighted by atomic mass is 19.4. The Morgan fingerprint density at radius 2 is 1.84 bits per heavy atom. The summed E-state index contributed by atoms with van der Waals surface area (Å²) in [4.78, 5) is 24.5. The van der Waals surface area contributed by atoms with Crippen LogP contribution in [0.5, 0.6) is 0 Å². The largest absolute Gasteiger partial charge is 0.416 e. The Morgan fingerprint density at radius 1 is 1.20 bits per heavy atom. The smallest absolute Gasteiger partial charge is 0.321 e.